The second-order valence-electron chi connectivity index (χ2n) is 6.22. The first kappa shape index (κ1) is 15.5. The molecule has 3 heterocycles. The highest BCUT2D eigenvalue weighted by Gasteiger charge is 2.49. The average Bonchev–Trinajstić information content (AvgIpc) is 3.22. The van der Waals surface area contributed by atoms with Crippen molar-refractivity contribution in [2.24, 2.45) is 4.99 Å². The van der Waals surface area contributed by atoms with E-state index in [1.165, 1.54) is 0 Å². The molecule has 2 aromatic carbocycles. The molecule has 2 aromatic rings. The van der Waals surface area contributed by atoms with Crippen LogP contribution in [0, 0.1) is 0 Å². The lowest BCUT2D eigenvalue weighted by Crippen LogP contribution is -2.51. The van der Waals surface area contributed by atoms with Crippen LogP contribution in [0.2, 0.25) is 0 Å². The summed E-state index contributed by atoms with van der Waals surface area (Å²) in [6, 6.07) is 13.9. The number of ether oxygens (including phenoxy) is 1. The Morgan fingerprint density at radius 1 is 1.23 bits per heavy atom. The first-order valence-electron chi connectivity index (χ1n) is 8.19. The number of anilines is 3. The van der Waals surface area contributed by atoms with Crippen molar-refractivity contribution >= 4 is 39.2 Å². The fourth-order valence-electron chi connectivity index (χ4n) is 3.20. The minimum Gasteiger partial charge on any atom is -0.471 e. The number of hydroxylamine groups is 1. The van der Waals surface area contributed by atoms with Crippen LogP contribution in [0.25, 0.3) is 0 Å². The molecule has 8 heteroatoms. The van der Waals surface area contributed by atoms with Crippen LogP contribution in [-0.2, 0) is 4.84 Å². The fourth-order valence-corrected chi connectivity index (χ4v) is 3.46. The van der Waals surface area contributed by atoms with E-state index in [1.54, 1.807) is 0 Å². The minimum atomic E-state index is -1.10. The van der Waals surface area contributed by atoms with Gasteiger partial charge in [-0.2, -0.15) is 0 Å². The van der Waals surface area contributed by atoms with Crippen molar-refractivity contribution < 1.29 is 9.57 Å². The van der Waals surface area contributed by atoms with E-state index < -0.39 is 5.97 Å². The zero-order chi connectivity index (χ0) is 17.7. The molecule has 0 aromatic heterocycles. The summed E-state index contributed by atoms with van der Waals surface area (Å²) in [6.07, 6.45) is 1.81. The molecule has 0 amide bonds. The summed E-state index contributed by atoms with van der Waals surface area (Å²) in [5, 5.41) is 6.61. The third kappa shape index (κ3) is 2.33. The lowest BCUT2D eigenvalue weighted by atomic mass is 10.2. The van der Waals surface area contributed by atoms with Crippen molar-refractivity contribution in [1.82, 2.24) is 5.48 Å². The van der Waals surface area contributed by atoms with Crippen molar-refractivity contribution in [3.63, 3.8) is 0 Å². The monoisotopic (exact) mass is 413 g/mol. The van der Waals surface area contributed by atoms with Crippen molar-refractivity contribution in [3.05, 3.63) is 58.3 Å². The maximum atomic E-state index is 5.90. The zero-order valence-corrected chi connectivity index (χ0v) is 15.5. The highest BCUT2D eigenvalue weighted by atomic mass is 79.9. The Bertz CT molecular complexity index is 943. The summed E-state index contributed by atoms with van der Waals surface area (Å²) in [4.78, 5) is 12.6. The van der Waals surface area contributed by atoms with E-state index in [1.807, 2.05) is 60.5 Å². The number of aliphatic imine (C=N–C) groups is 1. The third-order valence-electron chi connectivity index (χ3n) is 4.49. The summed E-state index contributed by atoms with van der Waals surface area (Å²) in [7, 11) is 0. The van der Waals surface area contributed by atoms with E-state index in [0.29, 0.717) is 6.73 Å². The Kier molecular flexibility index (Phi) is 3.38. The van der Waals surface area contributed by atoms with Gasteiger partial charge in [0.2, 0.25) is 0 Å². The van der Waals surface area contributed by atoms with Gasteiger partial charge in [0.05, 0.1) is 11.4 Å². The Morgan fingerprint density at radius 3 is 2.92 bits per heavy atom. The molecule has 7 nitrogen and oxygen atoms in total. The first-order valence-corrected chi connectivity index (χ1v) is 8.99. The molecule has 0 saturated carbocycles. The van der Waals surface area contributed by atoms with Crippen molar-refractivity contribution in [1.29, 1.82) is 0 Å². The first-order chi connectivity index (χ1) is 12.6. The summed E-state index contributed by atoms with van der Waals surface area (Å²) < 4.78 is 6.54. The summed E-state index contributed by atoms with van der Waals surface area (Å²) in [5.74, 6) is 0.593. The van der Waals surface area contributed by atoms with Crippen LogP contribution in [0.5, 0.6) is 5.75 Å². The quantitative estimate of drug-likeness (QED) is 0.714. The average molecular weight is 414 g/mol. The molecule has 1 unspecified atom stereocenters. The molecule has 1 saturated heterocycles. The van der Waals surface area contributed by atoms with E-state index in [4.69, 9.17) is 9.57 Å². The van der Waals surface area contributed by atoms with Gasteiger partial charge in [0.25, 0.3) is 0 Å². The molecule has 3 aliphatic rings. The van der Waals surface area contributed by atoms with Crippen molar-refractivity contribution in [2.75, 3.05) is 22.3 Å². The number of allylic oxidation sites excluding steroid dienone is 1. The van der Waals surface area contributed by atoms with Crippen LogP contribution in [0.3, 0.4) is 0 Å². The maximum absolute atomic E-state index is 5.90. The molecule has 0 radical (unpaired) electrons. The van der Waals surface area contributed by atoms with E-state index in [9.17, 15) is 0 Å². The second-order valence-corrected chi connectivity index (χ2v) is 7.13. The van der Waals surface area contributed by atoms with E-state index in [2.05, 4.69) is 37.0 Å². The SMILES string of the molecule is CC1=C2NOC(Nc3ccc(Br)cc3)(N=C1)N2c1ccc2c(c1)NCO2. The van der Waals surface area contributed by atoms with Crippen molar-refractivity contribution in [2.45, 2.75) is 12.9 Å². The van der Waals surface area contributed by atoms with Gasteiger partial charge < -0.3 is 15.4 Å². The minimum absolute atomic E-state index is 0.482. The highest BCUT2D eigenvalue weighted by Crippen LogP contribution is 2.42. The molecule has 26 heavy (non-hydrogen) atoms. The van der Waals surface area contributed by atoms with Gasteiger partial charge in [-0.3, -0.25) is 4.90 Å². The summed E-state index contributed by atoms with van der Waals surface area (Å²) >= 11 is 3.46. The number of halogens is 1. The Hall–Kier alpha value is -2.71. The van der Waals surface area contributed by atoms with Gasteiger partial charge in [0.1, 0.15) is 11.6 Å². The van der Waals surface area contributed by atoms with Crippen LogP contribution < -0.4 is 25.8 Å². The molecule has 5 rings (SSSR count). The van der Waals surface area contributed by atoms with Crippen LogP contribution in [-0.4, -0.2) is 18.9 Å². The smallest absolute Gasteiger partial charge is 0.351 e. The van der Waals surface area contributed by atoms with Gasteiger partial charge in [-0.25, -0.2) is 15.3 Å². The van der Waals surface area contributed by atoms with Gasteiger partial charge in [-0.05, 0) is 49.4 Å². The second kappa shape index (κ2) is 5.65. The predicted molar refractivity (Wildman–Crippen MR) is 104 cm³/mol. The lowest BCUT2D eigenvalue weighted by molar-refractivity contribution is -0.0214. The number of nitrogens with zero attached hydrogens (tertiary/aromatic N) is 2. The predicted octanol–water partition coefficient (Wildman–Crippen LogP) is 3.59. The zero-order valence-electron chi connectivity index (χ0n) is 13.9. The highest BCUT2D eigenvalue weighted by molar-refractivity contribution is 9.10. The summed E-state index contributed by atoms with van der Waals surface area (Å²) in [5.41, 5.74) is 6.78. The topological polar surface area (TPSA) is 70.2 Å². The maximum Gasteiger partial charge on any atom is 0.351 e. The van der Waals surface area contributed by atoms with E-state index in [0.717, 1.165) is 38.7 Å². The van der Waals surface area contributed by atoms with E-state index >= 15 is 0 Å². The number of rotatable bonds is 3. The van der Waals surface area contributed by atoms with Gasteiger partial charge in [0.15, 0.2) is 6.73 Å². The molecule has 3 N–H and O–H groups in total. The van der Waals surface area contributed by atoms with Crippen molar-refractivity contribution in [3.8, 4) is 5.75 Å². The van der Waals surface area contributed by atoms with E-state index in [-0.39, 0.29) is 0 Å². The molecule has 1 atom stereocenters. The number of fused-ring (bicyclic) bond motifs is 3. The molecule has 0 spiro atoms. The largest absolute Gasteiger partial charge is 0.471 e. The van der Waals surface area contributed by atoms with Crippen LogP contribution in [0.4, 0.5) is 17.1 Å². The van der Waals surface area contributed by atoms with Gasteiger partial charge in [0, 0.05) is 21.9 Å². The lowest BCUT2D eigenvalue weighted by Gasteiger charge is -2.36. The standard InChI is InChI=1S/C18H16BrN5O2/c1-11-9-21-18(22-13-4-2-12(19)3-5-13)24(17(11)23-26-18)14-6-7-16-15(8-14)20-10-25-16/h2-9,20,22-23H,10H2,1H3. The Labute approximate surface area is 158 Å². The van der Waals surface area contributed by atoms with Gasteiger partial charge in [-0.15, -0.1) is 0 Å². The van der Waals surface area contributed by atoms with Crippen LogP contribution >= 0.6 is 15.9 Å². The molecule has 0 aliphatic carbocycles. The third-order valence-corrected chi connectivity index (χ3v) is 5.02. The number of hydrogen-bond donors (Lipinski definition) is 3. The Balaban J connectivity index is 1.57. The molecule has 2 bridgehead atoms. The fraction of sp³-hybridized carbons (Fsp3) is 0.167. The number of benzene rings is 2. The van der Waals surface area contributed by atoms with Crippen LogP contribution in [0.15, 0.2) is 63.3 Å². The van der Waals surface area contributed by atoms with Gasteiger partial charge in [-0.1, -0.05) is 15.9 Å². The van der Waals surface area contributed by atoms with Gasteiger partial charge >= 0.3 is 5.97 Å². The number of nitrogens with one attached hydrogen (secondary N) is 3. The Morgan fingerprint density at radius 2 is 2.08 bits per heavy atom. The molecule has 3 aliphatic heterocycles. The number of hydrogen-bond acceptors (Lipinski definition) is 7. The molecular weight excluding hydrogens is 398 g/mol. The molecule has 132 valence electrons. The summed E-state index contributed by atoms with van der Waals surface area (Å²) in [6.45, 7) is 2.47. The molecule has 1 fully saturated rings. The van der Waals surface area contributed by atoms with Crippen LogP contribution in [0.1, 0.15) is 6.92 Å². The molecular formula is C18H16BrN5O2. The normalized spacial score (nSPS) is 22.6.